The third-order valence-electron chi connectivity index (χ3n) is 4.55. The van der Waals surface area contributed by atoms with Crippen LogP contribution in [0.4, 0.5) is 0 Å². The van der Waals surface area contributed by atoms with Gasteiger partial charge in [0.25, 0.3) is 0 Å². The molecule has 1 aliphatic heterocycles. The third kappa shape index (κ3) is 2.90. The molecule has 22 heavy (non-hydrogen) atoms. The molecule has 2 rings (SSSR count). The maximum Gasteiger partial charge on any atom is 0.203 e. The Bertz CT molecular complexity index is 543. The number of likely N-dealkylation sites (tertiary alicyclic amines) is 1. The lowest BCUT2D eigenvalue weighted by atomic mass is 9.78. The van der Waals surface area contributed by atoms with Crippen LogP contribution >= 0.6 is 0 Å². The van der Waals surface area contributed by atoms with E-state index in [0.29, 0.717) is 29.5 Å². The van der Waals surface area contributed by atoms with Crippen molar-refractivity contribution >= 4 is 5.78 Å². The first-order valence-corrected chi connectivity index (χ1v) is 7.49. The number of Topliss-reactive ketones (excluding diaryl/α,β-unsaturated/α-hetero) is 1. The molecule has 5 nitrogen and oxygen atoms in total. The number of hydrogen-bond donors (Lipinski definition) is 1. The van der Waals surface area contributed by atoms with Gasteiger partial charge in [0.05, 0.1) is 46.8 Å². The van der Waals surface area contributed by atoms with Gasteiger partial charge in [-0.1, -0.05) is 0 Å². The molecular formula is C17H26NO4+. The Kier molecular flexibility index (Phi) is 4.66. The van der Waals surface area contributed by atoms with Crippen LogP contribution in [0.15, 0.2) is 12.1 Å². The van der Waals surface area contributed by atoms with E-state index in [0.717, 1.165) is 12.1 Å². The lowest BCUT2D eigenvalue weighted by Crippen LogP contribution is -3.12. The highest BCUT2D eigenvalue weighted by atomic mass is 16.5. The minimum atomic E-state index is -0.263. The minimum absolute atomic E-state index is 0.106. The molecule has 1 aliphatic rings. The van der Waals surface area contributed by atoms with Crippen LogP contribution in [0.5, 0.6) is 17.2 Å². The maximum absolute atomic E-state index is 12.4. The molecule has 0 radical (unpaired) electrons. The zero-order valence-electron chi connectivity index (χ0n) is 14.3. The molecule has 1 N–H and O–H groups in total. The molecule has 122 valence electrons. The van der Waals surface area contributed by atoms with Crippen molar-refractivity contribution < 1.29 is 23.9 Å². The number of nitrogens with one attached hydrogen (secondary N) is 1. The summed E-state index contributed by atoms with van der Waals surface area (Å²) in [5, 5.41) is 0. The van der Waals surface area contributed by atoms with Crippen LogP contribution in [0.1, 0.15) is 31.9 Å². The standard InChI is InChI=1S/C17H25NO4/c1-17(2)10-18(3)12(9-15(17)19)11-7-13(20-4)16(22-6)14(8-11)21-5/h7-8,12H,9-10H2,1-6H3/p+1/t12-/m0/s1. The van der Waals surface area contributed by atoms with Crippen LogP contribution in [0.3, 0.4) is 0 Å². The first-order valence-electron chi connectivity index (χ1n) is 7.49. The van der Waals surface area contributed by atoms with Crippen LogP contribution in [0, 0.1) is 5.41 Å². The molecule has 0 spiro atoms. The number of quaternary nitrogens is 1. The average Bonchev–Trinajstić information content (AvgIpc) is 2.48. The number of carbonyl (C=O) groups excluding carboxylic acids is 1. The van der Waals surface area contributed by atoms with Crippen molar-refractivity contribution in [1.82, 2.24) is 0 Å². The molecule has 2 atom stereocenters. The van der Waals surface area contributed by atoms with Crippen LogP contribution in [0.25, 0.3) is 0 Å². The number of hydrogen-bond acceptors (Lipinski definition) is 4. The van der Waals surface area contributed by atoms with Crippen LogP contribution in [-0.2, 0) is 4.79 Å². The van der Waals surface area contributed by atoms with Crippen molar-refractivity contribution in [3.05, 3.63) is 17.7 Å². The number of rotatable bonds is 4. The van der Waals surface area contributed by atoms with Gasteiger partial charge >= 0.3 is 0 Å². The molecule has 1 saturated heterocycles. The maximum atomic E-state index is 12.4. The number of piperidine rings is 1. The van der Waals surface area contributed by atoms with Crippen LogP contribution in [0.2, 0.25) is 0 Å². The second-order valence-corrected chi connectivity index (χ2v) is 6.55. The highest BCUT2D eigenvalue weighted by Crippen LogP contribution is 2.40. The van der Waals surface area contributed by atoms with E-state index >= 15 is 0 Å². The van der Waals surface area contributed by atoms with Gasteiger partial charge in [-0.15, -0.1) is 0 Å². The third-order valence-corrected chi connectivity index (χ3v) is 4.55. The zero-order valence-corrected chi connectivity index (χ0v) is 14.3. The Labute approximate surface area is 132 Å². The van der Waals surface area contributed by atoms with E-state index in [-0.39, 0.29) is 11.5 Å². The summed E-state index contributed by atoms with van der Waals surface area (Å²) in [4.78, 5) is 13.7. The van der Waals surface area contributed by atoms with E-state index in [9.17, 15) is 4.79 Å². The van der Waals surface area contributed by atoms with E-state index < -0.39 is 0 Å². The lowest BCUT2D eigenvalue weighted by Gasteiger charge is -2.37. The van der Waals surface area contributed by atoms with Crippen molar-refractivity contribution in [2.24, 2.45) is 5.41 Å². The number of ether oxygens (including phenoxy) is 3. The molecular weight excluding hydrogens is 282 g/mol. The van der Waals surface area contributed by atoms with Gasteiger partial charge in [0.2, 0.25) is 5.75 Å². The molecule has 1 unspecified atom stereocenters. The number of carbonyl (C=O) groups is 1. The largest absolute Gasteiger partial charge is 0.493 e. The van der Waals surface area contributed by atoms with Gasteiger partial charge in [-0.25, -0.2) is 0 Å². The van der Waals surface area contributed by atoms with Gasteiger partial charge in [0, 0.05) is 5.56 Å². The molecule has 5 heteroatoms. The fourth-order valence-electron chi connectivity index (χ4n) is 3.26. The zero-order chi connectivity index (χ0) is 16.5. The van der Waals surface area contributed by atoms with E-state index in [1.807, 2.05) is 26.0 Å². The monoisotopic (exact) mass is 308 g/mol. The Morgan fingerprint density at radius 3 is 2.09 bits per heavy atom. The topological polar surface area (TPSA) is 49.2 Å². The summed E-state index contributed by atoms with van der Waals surface area (Å²) in [6, 6.07) is 4.00. The molecule has 1 fully saturated rings. The molecule has 1 heterocycles. The van der Waals surface area contributed by atoms with Gasteiger partial charge in [0.15, 0.2) is 11.5 Å². The molecule has 0 saturated carbocycles. The number of benzene rings is 1. The quantitative estimate of drug-likeness (QED) is 0.910. The summed E-state index contributed by atoms with van der Waals surface area (Å²) in [5.41, 5.74) is 0.775. The highest BCUT2D eigenvalue weighted by Gasteiger charge is 2.42. The van der Waals surface area contributed by atoms with E-state index in [1.54, 1.807) is 21.3 Å². The summed E-state index contributed by atoms with van der Waals surface area (Å²) in [6.45, 7) is 4.85. The summed E-state index contributed by atoms with van der Waals surface area (Å²) < 4.78 is 16.2. The first kappa shape index (κ1) is 16.6. The molecule has 0 bridgehead atoms. The van der Waals surface area contributed by atoms with Crippen molar-refractivity contribution in [1.29, 1.82) is 0 Å². The summed E-state index contributed by atoms with van der Waals surface area (Å²) in [7, 11) is 6.92. The van der Waals surface area contributed by atoms with Crippen molar-refractivity contribution in [3.63, 3.8) is 0 Å². The van der Waals surface area contributed by atoms with Gasteiger partial charge in [0.1, 0.15) is 11.8 Å². The molecule has 0 amide bonds. The van der Waals surface area contributed by atoms with Gasteiger partial charge < -0.3 is 19.1 Å². The van der Waals surface area contributed by atoms with Crippen LogP contribution in [-0.4, -0.2) is 40.7 Å². The van der Waals surface area contributed by atoms with E-state index in [2.05, 4.69) is 7.05 Å². The summed E-state index contributed by atoms with van der Waals surface area (Å²) in [5.74, 6) is 2.13. The number of methoxy groups -OCH3 is 3. The summed E-state index contributed by atoms with van der Waals surface area (Å²) in [6.07, 6.45) is 0.525. The van der Waals surface area contributed by atoms with Gasteiger partial charge in [-0.2, -0.15) is 0 Å². The van der Waals surface area contributed by atoms with Crippen LogP contribution < -0.4 is 19.1 Å². The normalized spacial score (nSPS) is 24.0. The fourth-order valence-corrected chi connectivity index (χ4v) is 3.26. The predicted molar refractivity (Wildman–Crippen MR) is 84.0 cm³/mol. The average molecular weight is 308 g/mol. The van der Waals surface area contributed by atoms with Crippen molar-refractivity contribution in [2.45, 2.75) is 26.3 Å². The second-order valence-electron chi connectivity index (χ2n) is 6.55. The summed E-state index contributed by atoms with van der Waals surface area (Å²) >= 11 is 0. The molecule has 0 aromatic heterocycles. The van der Waals surface area contributed by atoms with Gasteiger partial charge in [-0.3, -0.25) is 4.79 Å². The fraction of sp³-hybridized carbons (Fsp3) is 0.588. The Hall–Kier alpha value is -1.75. The minimum Gasteiger partial charge on any atom is -0.493 e. The van der Waals surface area contributed by atoms with E-state index in [4.69, 9.17) is 14.2 Å². The Morgan fingerprint density at radius 1 is 1.09 bits per heavy atom. The van der Waals surface area contributed by atoms with Crippen molar-refractivity contribution in [2.75, 3.05) is 34.9 Å². The lowest BCUT2D eigenvalue weighted by molar-refractivity contribution is -0.920. The molecule has 1 aromatic rings. The van der Waals surface area contributed by atoms with Gasteiger partial charge in [-0.05, 0) is 26.0 Å². The predicted octanol–water partition coefficient (Wildman–Crippen LogP) is 1.27. The molecule has 0 aliphatic carbocycles. The van der Waals surface area contributed by atoms with Crippen molar-refractivity contribution in [3.8, 4) is 17.2 Å². The van der Waals surface area contributed by atoms with E-state index in [1.165, 1.54) is 4.90 Å². The molecule has 1 aromatic carbocycles. The Morgan fingerprint density at radius 2 is 1.64 bits per heavy atom. The smallest absolute Gasteiger partial charge is 0.203 e. The first-order chi connectivity index (χ1) is 10.3. The Balaban J connectivity index is 2.42. The SMILES string of the molecule is COc1cc([C@@H]2CC(=O)C(C)(C)C[NH+]2C)cc(OC)c1OC. The number of ketones is 1. The highest BCUT2D eigenvalue weighted by molar-refractivity contribution is 5.85. The second kappa shape index (κ2) is 6.16.